The van der Waals surface area contributed by atoms with Crippen LogP contribution in [-0.2, 0) is 22.4 Å². The van der Waals surface area contributed by atoms with E-state index in [0.29, 0.717) is 57.3 Å². The number of nitrogens with two attached hydrogens (primary N) is 1. The number of rotatable bonds is 6. The number of carbonyl (C=O) groups excluding carboxylic acids is 3. The molecule has 0 radical (unpaired) electrons. The summed E-state index contributed by atoms with van der Waals surface area (Å²) in [7, 11) is 0. The van der Waals surface area contributed by atoms with E-state index in [9.17, 15) is 14.4 Å². The Morgan fingerprint density at radius 3 is 2.37 bits per heavy atom. The highest BCUT2D eigenvalue weighted by Gasteiger charge is 2.36. The van der Waals surface area contributed by atoms with Crippen molar-refractivity contribution in [3.05, 3.63) is 53.2 Å². The Kier molecular flexibility index (Phi) is 11.0. The summed E-state index contributed by atoms with van der Waals surface area (Å²) in [5.74, 6) is 1.67. The van der Waals surface area contributed by atoms with E-state index in [-0.39, 0.29) is 31.8 Å². The van der Waals surface area contributed by atoms with Gasteiger partial charge in [0.1, 0.15) is 5.82 Å². The predicted molar refractivity (Wildman–Crippen MR) is 179 cm³/mol. The summed E-state index contributed by atoms with van der Waals surface area (Å²) in [6, 6.07) is 9.76. The molecule has 2 aromatic rings. The lowest BCUT2D eigenvalue weighted by Gasteiger charge is -2.39. The summed E-state index contributed by atoms with van der Waals surface area (Å²) >= 11 is 0. The summed E-state index contributed by atoms with van der Waals surface area (Å²) in [5.41, 5.74) is 9.58. The van der Waals surface area contributed by atoms with Crippen molar-refractivity contribution in [2.75, 3.05) is 56.9 Å². The number of urea groups is 1. The van der Waals surface area contributed by atoms with Crippen molar-refractivity contribution in [3.63, 3.8) is 0 Å². The van der Waals surface area contributed by atoms with Gasteiger partial charge < -0.3 is 35.8 Å². The molecule has 5 heterocycles. The average molecular weight is 634 g/mol. The van der Waals surface area contributed by atoms with Gasteiger partial charge in [-0.2, -0.15) is 0 Å². The Balaban J connectivity index is 0.00000417. The Morgan fingerprint density at radius 1 is 0.978 bits per heavy atom. The molecule has 0 saturated carbocycles. The van der Waals surface area contributed by atoms with Gasteiger partial charge in [-0.1, -0.05) is 31.7 Å². The third-order valence-electron chi connectivity index (χ3n) is 10.3. The lowest BCUT2D eigenvalue weighted by molar-refractivity contribution is -0.142. The van der Waals surface area contributed by atoms with Crippen LogP contribution in [-0.4, -0.2) is 95.7 Å². The van der Waals surface area contributed by atoms with Crippen molar-refractivity contribution in [2.45, 2.75) is 77.9 Å². The molecule has 250 valence electrons. The predicted octanol–water partition coefficient (Wildman–Crippen LogP) is 4.45. The molecule has 3 saturated heterocycles. The van der Waals surface area contributed by atoms with Crippen LogP contribution in [0.4, 0.5) is 21.1 Å². The third-order valence-corrected chi connectivity index (χ3v) is 10.3. The van der Waals surface area contributed by atoms with Crippen molar-refractivity contribution in [1.82, 2.24) is 25.0 Å². The minimum atomic E-state index is -0.939. The Labute approximate surface area is 273 Å². The van der Waals surface area contributed by atoms with Gasteiger partial charge in [0, 0.05) is 57.1 Å². The van der Waals surface area contributed by atoms with Gasteiger partial charge >= 0.3 is 12.1 Å². The number of aryl methyl sites for hydroxylation is 1. The lowest BCUT2D eigenvalue weighted by Crippen LogP contribution is -2.52. The van der Waals surface area contributed by atoms with Gasteiger partial charge in [0.25, 0.3) is 5.91 Å². The molecule has 4 N–H and O–H groups in total. The van der Waals surface area contributed by atoms with Crippen LogP contribution in [0.1, 0.15) is 62.6 Å². The molecular weight excluding hydrogens is 582 g/mol. The number of hydrogen-bond acceptors (Lipinski definition) is 7. The van der Waals surface area contributed by atoms with Crippen LogP contribution < -0.4 is 16.4 Å². The van der Waals surface area contributed by atoms with Gasteiger partial charge in [-0.3, -0.25) is 4.79 Å². The first-order valence-electron chi connectivity index (χ1n) is 16.7. The van der Waals surface area contributed by atoms with Gasteiger partial charge in [0.15, 0.2) is 6.10 Å². The highest BCUT2D eigenvalue weighted by molar-refractivity contribution is 5.91. The number of likely N-dealkylation sites (tertiary alicyclic amines) is 2. The van der Waals surface area contributed by atoms with Crippen LogP contribution in [0.5, 0.6) is 0 Å². The second kappa shape index (κ2) is 15.2. The molecule has 0 aliphatic carbocycles. The van der Waals surface area contributed by atoms with Crippen molar-refractivity contribution in [1.29, 1.82) is 0 Å². The molecular formula is C35H51N7O4. The number of ether oxygens (including phenoxy) is 1. The fourth-order valence-corrected chi connectivity index (χ4v) is 7.55. The maximum Gasteiger partial charge on any atom is 0.410 e. The molecule has 6 rings (SSSR count). The van der Waals surface area contributed by atoms with Crippen LogP contribution >= 0.6 is 0 Å². The molecule has 3 fully saturated rings. The first-order valence-corrected chi connectivity index (χ1v) is 16.7. The number of anilines is 2. The zero-order valence-electron chi connectivity index (χ0n) is 26.4. The largest absolute Gasteiger partial charge is 0.436 e. The van der Waals surface area contributed by atoms with Crippen molar-refractivity contribution in [3.8, 4) is 0 Å². The summed E-state index contributed by atoms with van der Waals surface area (Å²) < 4.78 is 6.02. The second-order valence-corrected chi connectivity index (χ2v) is 13.1. The zero-order chi connectivity index (χ0) is 31.3. The highest BCUT2D eigenvalue weighted by atomic mass is 16.6. The van der Waals surface area contributed by atoms with Crippen molar-refractivity contribution >= 4 is 29.5 Å². The number of aromatic nitrogens is 1. The second-order valence-electron chi connectivity index (χ2n) is 13.1. The standard InChI is InChI=1S/C34H47N7O4.CH4/c1-23-20-24(22-37-31(23)35)21-30(32(42)39-15-8-26(9-16-39)25-6-13-36-14-7-25)45-34(44)40-17-11-28(12-18-40)41-19-10-27-4-2-3-5-29(27)38-33(41)43;/h2-5,20,22,25-26,28,30,36H,6-19,21H2,1H3,(H2,35,37)(H,38,43);1H4/t30-;/m1./s1. The third kappa shape index (κ3) is 7.74. The van der Waals surface area contributed by atoms with Gasteiger partial charge in [-0.15, -0.1) is 0 Å². The molecule has 11 heteroatoms. The van der Waals surface area contributed by atoms with E-state index in [2.05, 4.69) is 15.6 Å². The Morgan fingerprint density at radius 2 is 1.65 bits per heavy atom. The maximum atomic E-state index is 13.9. The van der Waals surface area contributed by atoms with Crippen molar-refractivity contribution < 1.29 is 19.1 Å². The number of benzene rings is 1. The highest BCUT2D eigenvalue weighted by Crippen LogP contribution is 2.31. The average Bonchev–Trinajstić information content (AvgIpc) is 3.24. The number of piperidine rings is 3. The first kappa shape index (κ1) is 33.5. The number of hydrogen-bond donors (Lipinski definition) is 3. The van der Waals surface area contributed by atoms with E-state index < -0.39 is 12.2 Å². The molecule has 0 unspecified atom stereocenters. The smallest absolute Gasteiger partial charge is 0.410 e. The van der Waals surface area contributed by atoms with E-state index in [4.69, 9.17) is 10.5 Å². The number of nitrogens with one attached hydrogen (secondary N) is 2. The van der Waals surface area contributed by atoms with Gasteiger partial charge in [-0.25, -0.2) is 14.6 Å². The zero-order valence-corrected chi connectivity index (χ0v) is 26.4. The van der Waals surface area contributed by atoms with E-state index in [1.165, 1.54) is 12.8 Å². The summed E-state index contributed by atoms with van der Waals surface area (Å²) in [6.07, 6.45) is 6.97. The Hall–Kier alpha value is -3.86. The summed E-state index contributed by atoms with van der Waals surface area (Å²) in [6.45, 7) is 6.98. The molecule has 1 aromatic heterocycles. The number of nitrogen functional groups attached to an aromatic ring is 1. The monoisotopic (exact) mass is 633 g/mol. The molecule has 4 amide bonds. The molecule has 1 aromatic carbocycles. The fraction of sp³-hybridized carbons (Fsp3) is 0.600. The van der Waals surface area contributed by atoms with E-state index in [0.717, 1.165) is 60.6 Å². The molecule has 1 atom stereocenters. The molecule has 4 aliphatic heterocycles. The van der Waals surface area contributed by atoms with E-state index >= 15 is 0 Å². The first-order chi connectivity index (χ1) is 21.9. The van der Waals surface area contributed by atoms with Crippen LogP contribution in [0, 0.1) is 18.8 Å². The van der Waals surface area contributed by atoms with E-state index in [1.807, 2.05) is 47.1 Å². The summed E-state index contributed by atoms with van der Waals surface area (Å²) in [4.78, 5) is 50.2. The maximum absolute atomic E-state index is 13.9. The lowest BCUT2D eigenvalue weighted by atomic mass is 9.79. The van der Waals surface area contributed by atoms with Gasteiger partial charge in [-0.05, 0) is 99.6 Å². The molecule has 4 aliphatic rings. The minimum Gasteiger partial charge on any atom is -0.436 e. The van der Waals surface area contributed by atoms with Gasteiger partial charge in [0.05, 0.1) is 0 Å². The molecule has 0 bridgehead atoms. The minimum absolute atomic E-state index is 0. The summed E-state index contributed by atoms with van der Waals surface area (Å²) in [5, 5.41) is 6.50. The van der Waals surface area contributed by atoms with E-state index in [1.54, 1.807) is 11.1 Å². The number of para-hydroxylation sites is 1. The number of nitrogens with zero attached hydrogens (tertiary/aromatic N) is 4. The molecule has 0 spiro atoms. The molecule has 11 nitrogen and oxygen atoms in total. The number of carbonyl (C=O) groups is 3. The van der Waals surface area contributed by atoms with Crippen molar-refractivity contribution in [2.24, 2.45) is 11.8 Å². The quantitative estimate of drug-likeness (QED) is 0.428. The van der Waals surface area contributed by atoms with Crippen LogP contribution in [0.2, 0.25) is 0 Å². The number of amides is 4. The van der Waals surface area contributed by atoms with Crippen LogP contribution in [0.15, 0.2) is 36.5 Å². The Bertz CT molecular complexity index is 1360. The molecule has 46 heavy (non-hydrogen) atoms. The topological polar surface area (TPSA) is 133 Å². The van der Waals surface area contributed by atoms with Crippen LogP contribution in [0.25, 0.3) is 0 Å². The van der Waals surface area contributed by atoms with Crippen LogP contribution in [0.3, 0.4) is 0 Å². The normalized spacial score (nSPS) is 20.6. The SMILES string of the molecule is C.Cc1cc(C[C@@H](OC(=O)N2CCC(N3CCc4ccccc4NC3=O)CC2)C(=O)N2CCC(C3CCNCC3)CC2)cnc1N. The number of fused-ring (bicyclic) bond motifs is 1. The van der Waals surface area contributed by atoms with Gasteiger partial charge in [0.2, 0.25) is 0 Å². The fourth-order valence-electron chi connectivity index (χ4n) is 7.55. The number of pyridine rings is 1.